The van der Waals surface area contributed by atoms with E-state index in [1.54, 1.807) is 35.1 Å². The van der Waals surface area contributed by atoms with Gasteiger partial charge in [0.25, 0.3) is 0 Å². The Hall–Kier alpha value is -2.94. The van der Waals surface area contributed by atoms with Crippen LogP contribution in [0.15, 0.2) is 24.4 Å². The second kappa shape index (κ2) is 9.37. The molecule has 1 aromatic heterocycles. The highest BCUT2D eigenvalue weighted by Crippen LogP contribution is 2.36. The largest absolute Gasteiger partial charge is 0.444 e. The zero-order valence-corrected chi connectivity index (χ0v) is 20.6. The second-order valence-corrected chi connectivity index (χ2v) is 10.0. The maximum absolute atomic E-state index is 14.9. The molecule has 2 aliphatic heterocycles. The number of likely N-dealkylation sites (tertiary alicyclic amines) is 1. The molecule has 0 spiro atoms. The average Bonchev–Trinajstić information content (AvgIpc) is 2.99. The first-order valence-electron chi connectivity index (χ1n) is 11.4. The number of para-hydroxylation sites is 1. The molecule has 0 aliphatic carbocycles. The van der Waals surface area contributed by atoms with Crippen LogP contribution < -0.4 is 9.80 Å². The number of nitrogens with zero attached hydrogens (tertiary/aromatic N) is 5. The molecule has 3 heterocycles. The Morgan fingerprint density at radius 1 is 1.26 bits per heavy atom. The highest BCUT2D eigenvalue weighted by molar-refractivity contribution is 6.28. The molecule has 34 heavy (non-hydrogen) atoms. The second-order valence-electron chi connectivity index (χ2n) is 9.71. The molecule has 1 aromatic carbocycles. The van der Waals surface area contributed by atoms with Crippen LogP contribution in [0.4, 0.5) is 25.5 Å². The number of carbonyl (C=O) groups excluding carboxylic acids is 2. The minimum absolute atomic E-state index is 0.0182. The number of amides is 3. The third-order valence-corrected chi connectivity index (χ3v) is 6.11. The van der Waals surface area contributed by atoms with Crippen LogP contribution in [0.25, 0.3) is 0 Å². The molecule has 1 saturated heterocycles. The first-order chi connectivity index (χ1) is 16.0. The standard InChI is InChI=1S/C24H29ClFN5O3/c1-15-8-7-10-18(26)19(15)30-13-16-12-27-21(25)28-20(16)31(22(30)32)17-9-5-6-11-29(14-17)23(33)34-24(2,3)4/h7-8,10,12,17H,5-6,9,11,13-14H2,1-4H3/t17-/m1/s1. The summed E-state index contributed by atoms with van der Waals surface area (Å²) in [6.45, 7) is 8.13. The van der Waals surface area contributed by atoms with Crippen molar-refractivity contribution in [2.45, 2.75) is 65.1 Å². The van der Waals surface area contributed by atoms with E-state index in [9.17, 15) is 14.0 Å². The summed E-state index contributed by atoms with van der Waals surface area (Å²) in [6, 6.07) is 3.92. The molecule has 1 fully saturated rings. The lowest BCUT2D eigenvalue weighted by Crippen LogP contribution is -2.56. The minimum atomic E-state index is -0.633. The smallest absolute Gasteiger partial charge is 0.410 e. The molecule has 0 unspecified atom stereocenters. The monoisotopic (exact) mass is 489 g/mol. The quantitative estimate of drug-likeness (QED) is 0.534. The molecule has 2 aromatic rings. The van der Waals surface area contributed by atoms with Crippen molar-refractivity contribution in [3.8, 4) is 0 Å². The zero-order valence-electron chi connectivity index (χ0n) is 19.8. The van der Waals surface area contributed by atoms with Crippen LogP contribution in [0.5, 0.6) is 0 Å². The van der Waals surface area contributed by atoms with Crippen molar-refractivity contribution in [1.29, 1.82) is 0 Å². The van der Waals surface area contributed by atoms with Gasteiger partial charge in [0.15, 0.2) is 0 Å². The summed E-state index contributed by atoms with van der Waals surface area (Å²) in [5, 5.41) is 0.0182. The van der Waals surface area contributed by atoms with Crippen molar-refractivity contribution in [2.75, 3.05) is 22.9 Å². The Morgan fingerprint density at radius 3 is 2.74 bits per heavy atom. The third kappa shape index (κ3) is 4.94. The minimum Gasteiger partial charge on any atom is -0.444 e. The lowest BCUT2D eigenvalue weighted by molar-refractivity contribution is 0.0249. The van der Waals surface area contributed by atoms with Crippen LogP contribution in [0.1, 0.15) is 51.2 Å². The van der Waals surface area contributed by atoms with Crippen molar-refractivity contribution < 1.29 is 18.7 Å². The zero-order chi connectivity index (χ0) is 24.6. The summed E-state index contributed by atoms with van der Waals surface area (Å²) < 4.78 is 20.5. The van der Waals surface area contributed by atoms with E-state index in [1.807, 2.05) is 20.8 Å². The normalized spacial score (nSPS) is 19.1. The first kappa shape index (κ1) is 24.2. The molecular formula is C24H29ClFN5O3. The van der Waals surface area contributed by atoms with Gasteiger partial charge in [0.1, 0.15) is 17.2 Å². The fourth-order valence-electron chi connectivity index (χ4n) is 4.45. The molecule has 10 heteroatoms. The predicted octanol–water partition coefficient (Wildman–Crippen LogP) is 5.31. The highest BCUT2D eigenvalue weighted by atomic mass is 35.5. The van der Waals surface area contributed by atoms with Gasteiger partial charge in [-0.15, -0.1) is 0 Å². The SMILES string of the molecule is Cc1cccc(F)c1N1Cc2cnc(Cl)nc2N([C@@H]2CCCCN(C(=O)OC(C)(C)C)C2)C1=O. The summed E-state index contributed by atoms with van der Waals surface area (Å²) in [5.41, 5.74) is 0.880. The van der Waals surface area contributed by atoms with Gasteiger partial charge in [0, 0.05) is 24.8 Å². The number of aromatic nitrogens is 2. The summed E-state index contributed by atoms with van der Waals surface area (Å²) in [7, 11) is 0. The molecule has 1 atom stereocenters. The van der Waals surface area contributed by atoms with Gasteiger partial charge in [-0.1, -0.05) is 12.1 Å². The van der Waals surface area contributed by atoms with Crippen molar-refractivity contribution in [3.05, 3.63) is 46.6 Å². The maximum Gasteiger partial charge on any atom is 0.410 e. The number of benzene rings is 1. The number of anilines is 2. The van der Waals surface area contributed by atoms with E-state index in [0.29, 0.717) is 29.9 Å². The number of hydrogen-bond donors (Lipinski definition) is 0. The van der Waals surface area contributed by atoms with Gasteiger partial charge in [-0.2, -0.15) is 4.98 Å². The fourth-order valence-corrected chi connectivity index (χ4v) is 4.58. The third-order valence-electron chi connectivity index (χ3n) is 5.93. The number of hydrogen-bond acceptors (Lipinski definition) is 5. The summed E-state index contributed by atoms with van der Waals surface area (Å²) in [4.78, 5) is 39.7. The van der Waals surface area contributed by atoms with Gasteiger partial charge >= 0.3 is 12.1 Å². The van der Waals surface area contributed by atoms with Crippen LogP contribution in [-0.2, 0) is 11.3 Å². The van der Waals surface area contributed by atoms with Gasteiger partial charge in [-0.3, -0.25) is 9.80 Å². The van der Waals surface area contributed by atoms with Crippen LogP contribution >= 0.6 is 11.6 Å². The lowest BCUT2D eigenvalue weighted by Gasteiger charge is -2.41. The average molecular weight is 490 g/mol. The van der Waals surface area contributed by atoms with Crippen LogP contribution in [-0.4, -0.2) is 51.7 Å². The van der Waals surface area contributed by atoms with E-state index in [2.05, 4.69) is 9.97 Å². The van der Waals surface area contributed by atoms with Crippen LogP contribution in [0, 0.1) is 12.7 Å². The van der Waals surface area contributed by atoms with Crippen molar-refractivity contribution in [3.63, 3.8) is 0 Å². The molecule has 8 nitrogen and oxygen atoms in total. The Bertz CT molecular complexity index is 1090. The molecule has 182 valence electrons. The Kier molecular flexibility index (Phi) is 6.66. The van der Waals surface area contributed by atoms with Crippen molar-refractivity contribution >= 4 is 35.2 Å². The molecule has 0 N–H and O–H groups in total. The number of carbonyl (C=O) groups is 2. The van der Waals surface area contributed by atoms with E-state index in [1.165, 1.54) is 11.0 Å². The van der Waals surface area contributed by atoms with E-state index in [-0.39, 0.29) is 30.1 Å². The molecule has 2 aliphatic rings. The maximum atomic E-state index is 14.9. The molecule has 4 rings (SSSR count). The van der Waals surface area contributed by atoms with Gasteiger partial charge < -0.3 is 9.64 Å². The van der Waals surface area contributed by atoms with Gasteiger partial charge in [-0.25, -0.2) is 19.0 Å². The number of fused-ring (bicyclic) bond motifs is 1. The van der Waals surface area contributed by atoms with Crippen molar-refractivity contribution in [2.24, 2.45) is 0 Å². The highest BCUT2D eigenvalue weighted by Gasteiger charge is 2.40. The van der Waals surface area contributed by atoms with E-state index < -0.39 is 23.5 Å². The number of ether oxygens (including phenoxy) is 1. The number of rotatable bonds is 2. The molecule has 3 amide bonds. The lowest BCUT2D eigenvalue weighted by atomic mass is 10.1. The topological polar surface area (TPSA) is 78.9 Å². The van der Waals surface area contributed by atoms with Crippen molar-refractivity contribution in [1.82, 2.24) is 14.9 Å². The Labute approximate surface area is 203 Å². The van der Waals surface area contributed by atoms with Gasteiger partial charge in [-0.05, 0) is 70.2 Å². The van der Waals surface area contributed by atoms with Crippen LogP contribution in [0.2, 0.25) is 5.28 Å². The van der Waals surface area contributed by atoms with Gasteiger partial charge in [0.05, 0.1) is 18.3 Å². The molecular weight excluding hydrogens is 461 g/mol. The predicted molar refractivity (Wildman–Crippen MR) is 128 cm³/mol. The molecule has 0 radical (unpaired) electrons. The van der Waals surface area contributed by atoms with E-state index in [0.717, 1.165) is 12.8 Å². The number of urea groups is 1. The molecule has 0 bridgehead atoms. The first-order valence-corrected chi connectivity index (χ1v) is 11.8. The Morgan fingerprint density at radius 2 is 2.03 bits per heavy atom. The summed E-state index contributed by atoms with van der Waals surface area (Å²) in [5.74, 6) is -0.0887. The van der Waals surface area contributed by atoms with Gasteiger partial charge in [0.2, 0.25) is 5.28 Å². The van der Waals surface area contributed by atoms with E-state index >= 15 is 0 Å². The molecule has 0 saturated carbocycles. The fraction of sp³-hybridized carbons (Fsp3) is 0.500. The Balaban J connectivity index is 1.73. The van der Waals surface area contributed by atoms with E-state index in [4.69, 9.17) is 16.3 Å². The number of halogens is 2. The summed E-state index contributed by atoms with van der Waals surface area (Å²) in [6.07, 6.45) is 3.38. The summed E-state index contributed by atoms with van der Waals surface area (Å²) >= 11 is 6.10. The van der Waals surface area contributed by atoms with Crippen LogP contribution in [0.3, 0.4) is 0 Å². The number of aryl methyl sites for hydroxylation is 1.